The Hall–Kier alpha value is -3.55. The Labute approximate surface area is 211 Å². The number of carbonyl (C=O) groups is 2. The molecule has 35 heavy (non-hydrogen) atoms. The van der Waals surface area contributed by atoms with Crippen LogP contribution in [0.2, 0.25) is 5.02 Å². The van der Waals surface area contributed by atoms with E-state index in [2.05, 4.69) is 6.58 Å². The van der Waals surface area contributed by atoms with Crippen molar-refractivity contribution in [3.8, 4) is 11.5 Å². The summed E-state index contributed by atoms with van der Waals surface area (Å²) in [4.78, 5) is 27.0. The number of anilines is 1. The fraction of sp³-hybridized carbons (Fsp3) is 0.111. The molecule has 0 bridgehead atoms. The van der Waals surface area contributed by atoms with Crippen molar-refractivity contribution >= 4 is 46.3 Å². The molecule has 3 aromatic rings. The minimum Gasteiger partial charge on any atom is -0.493 e. The van der Waals surface area contributed by atoms with E-state index >= 15 is 0 Å². The van der Waals surface area contributed by atoms with Crippen molar-refractivity contribution in [1.82, 2.24) is 0 Å². The van der Waals surface area contributed by atoms with E-state index in [9.17, 15) is 14.0 Å². The molecule has 0 unspecified atom stereocenters. The standard InChI is InChI=1S/C27H21ClFNO4S/c1-3-5-19-12-18(13-23(33-2)25(19)34-16-17-8-10-21(29)11-9-17)14-24-26(31)30(27(32)35-24)22-7-4-6-20(28)15-22/h3-4,6-15H,1,5,16H2,2H3/b24-14+. The first-order valence-corrected chi connectivity index (χ1v) is 11.8. The fourth-order valence-corrected chi connectivity index (χ4v) is 4.61. The average molecular weight is 510 g/mol. The predicted octanol–water partition coefficient (Wildman–Crippen LogP) is 7.04. The van der Waals surface area contributed by atoms with E-state index in [1.54, 1.807) is 54.6 Å². The van der Waals surface area contributed by atoms with Crippen molar-refractivity contribution in [2.24, 2.45) is 0 Å². The van der Waals surface area contributed by atoms with Crippen LogP contribution < -0.4 is 14.4 Å². The Kier molecular flexibility index (Phi) is 7.58. The van der Waals surface area contributed by atoms with Crippen molar-refractivity contribution in [3.63, 3.8) is 0 Å². The van der Waals surface area contributed by atoms with E-state index in [0.717, 1.165) is 27.8 Å². The third-order valence-corrected chi connectivity index (χ3v) is 6.30. The highest BCUT2D eigenvalue weighted by Crippen LogP contribution is 2.39. The van der Waals surface area contributed by atoms with Gasteiger partial charge in [-0.1, -0.05) is 35.9 Å². The molecule has 1 fully saturated rings. The van der Waals surface area contributed by atoms with Crippen molar-refractivity contribution in [3.05, 3.63) is 106 Å². The van der Waals surface area contributed by atoms with Crippen LogP contribution >= 0.6 is 23.4 Å². The van der Waals surface area contributed by atoms with Crippen LogP contribution in [-0.2, 0) is 17.8 Å². The fourth-order valence-electron chi connectivity index (χ4n) is 3.58. The van der Waals surface area contributed by atoms with Gasteiger partial charge in [-0.2, -0.15) is 0 Å². The number of benzene rings is 3. The van der Waals surface area contributed by atoms with Gasteiger partial charge in [-0.05, 0) is 77.9 Å². The molecule has 0 aliphatic carbocycles. The predicted molar refractivity (Wildman–Crippen MR) is 138 cm³/mol. The number of rotatable bonds is 8. The second-order valence-corrected chi connectivity index (χ2v) is 9.05. The molecule has 8 heteroatoms. The number of amides is 2. The molecule has 5 nitrogen and oxygen atoms in total. The van der Waals surface area contributed by atoms with Crippen LogP contribution in [0.15, 0.2) is 78.2 Å². The Morgan fingerprint density at radius 1 is 1.11 bits per heavy atom. The summed E-state index contributed by atoms with van der Waals surface area (Å²) in [7, 11) is 1.52. The summed E-state index contributed by atoms with van der Waals surface area (Å²) in [5, 5.41) is 0.0293. The Bertz CT molecular complexity index is 1320. The van der Waals surface area contributed by atoms with Crippen LogP contribution in [0.5, 0.6) is 11.5 Å². The molecule has 0 atom stereocenters. The van der Waals surface area contributed by atoms with E-state index in [4.69, 9.17) is 21.1 Å². The maximum Gasteiger partial charge on any atom is 0.298 e. The summed E-state index contributed by atoms with van der Waals surface area (Å²) in [6.07, 6.45) is 3.87. The monoisotopic (exact) mass is 509 g/mol. The van der Waals surface area contributed by atoms with E-state index < -0.39 is 11.1 Å². The summed E-state index contributed by atoms with van der Waals surface area (Å²) in [6.45, 7) is 4.03. The molecule has 0 aromatic heterocycles. The SMILES string of the molecule is C=CCc1cc(/C=C2/SC(=O)N(c3cccc(Cl)c3)C2=O)cc(OC)c1OCc1ccc(F)cc1. The lowest BCUT2D eigenvalue weighted by molar-refractivity contribution is -0.113. The highest BCUT2D eigenvalue weighted by atomic mass is 35.5. The number of hydrogen-bond donors (Lipinski definition) is 0. The van der Waals surface area contributed by atoms with Gasteiger partial charge in [-0.25, -0.2) is 9.29 Å². The second kappa shape index (κ2) is 10.8. The van der Waals surface area contributed by atoms with Crippen molar-refractivity contribution in [2.75, 3.05) is 12.0 Å². The summed E-state index contributed by atoms with van der Waals surface area (Å²) in [5.74, 6) is 0.249. The molecule has 178 valence electrons. The number of imide groups is 1. The molecular formula is C27H21ClFNO4S. The zero-order chi connectivity index (χ0) is 24.9. The smallest absolute Gasteiger partial charge is 0.298 e. The number of thioether (sulfide) groups is 1. The zero-order valence-corrected chi connectivity index (χ0v) is 20.4. The van der Waals surface area contributed by atoms with E-state index in [1.165, 1.54) is 19.2 Å². The van der Waals surface area contributed by atoms with Crippen LogP contribution in [0.1, 0.15) is 16.7 Å². The second-order valence-electron chi connectivity index (χ2n) is 7.62. The van der Waals surface area contributed by atoms with Gasteiger partial charge in [0.25, 0.3) is 11.1 Å². The highest BCUT2D eigenvalue weighted by molar-refractivity contribution is 8.19. The largest absolute Gasteiger partial charge is 0.493 e. The van der Waals surface area contributed by atoms with Crippen LogP contribution in [-0.4, -0.2) is 18.3 Å². The number of hydrogen-bond acceptors (Lipinski definition) is 5. The van der Waals surface area contributed by atoms with Gasteiger partial charge in [0.2, 0.25) is 0 Å². The number of carbonyl (C=O) groups excluding carboxylic acids is 2. The summed E-state index contributed by atoms with van der Waals surface area (Å²) < 4.78 is 24.8. The third-order valence-electron chi connectivity index (χ3n) is 5.19. The van der Waals surface area contributed by atoms with Gasteiger partial charge in [0.1, 0.15) is 12.4 Å². The van der Waals surface area contributed by atoms with Crippen LogP contribution in [0.25, 0.3) is 6.08 Å². The Morgan fingerprint density at radius 2 is 1.89 bits per heavy atom. The Morgan fingerprint density at radius 3 is 2.57 bits per heavy atom. The maximum absolute atomic E-state index is 13.2. The van der Waals surface area contributed by atoms with Gasteiger partial charge in [0.05, 0.1) is 17.7 Å². The normalized spacial score (nSPS) is 14.5. The van der Waals surface area contributed by atoms with Crippen molar-refractivity contribution in [1.29, 1.82) is 0 Å². The summed E-state index contributed by atoms with van der Waals surface area (Å²) in [5.41, 5.74) is 2.68. The molecule has 3 aromatic carbocycles. The molecular weight excluding hydrogens is 489 g/mol. The lowest BCUT2D eigenvalue weighted by atomic mass is 10.0. The minimum absolute atomic E-state index is 0.221. The number of halogens is 2. The quantitative estimate of drug-likeness (QED) is 0.241. The van der Waals surface area contributed by atoms with E-state index in [-0.39, 0.29) is 17.3 Å². The lowest BCUT2D eigenvalue weighted by Gasteiger charge is -2.16. The topological polar surface area (TPSA) is 55.8 Å². The Balaban J connectivity index is 1.64. The minimum atomic E-state index is -0.428. The van der Waals surface area contributed by atoms with Gasteiger partial charge < -0.3 is 9.47 Å². The first kappa shape index (κ1) is 24.6. The number of allylic oxidation sites excluding steroid dienone is 1. The van der Waals surface area contributed by atoms with E-state index in [0.29, 0.717) is 34.2 Å². The first-order chi connectivity index (χ1) is 16.9. The lowest BCUT2D eigenvalue weighted by Crippen LogP contribution is -2.27. The molecule has 0 radical (unpaired) electrons. The van der Waals surface area contributed by atoms with Gasteiger partial charge in [0.15, 0.2) is 11.5 Å². The number of nitrogens with zero attached hydrogens (tertiary/aromatic N) is 1. The average Bonchev–Trinajstić information content (AvgIpc) is 3.11. The first-order valence-electron chi connectivity index (χ1n) is 10.6. The van der Waals surface area contributed by atoms with Crippen LogP contribution in [0, 0.1) is 5.82 Å². The third kappa shape index (κ3) is 5.58. The summed E-state index contributed by atoms with van der Waals surface area (Å²) >= 11 is 6.89. The van der Waals surface area contributed by atoms with Crippen LogP contribution in [0.4, 0.5) is 14.9 Å². The molecule has 0 saturated carbocycles. The van der Waals surface area contributed by atoms with Gasteiger partial charge in [-0.3, -0.25) is 9.59 Å². The van der Waals surface area contributed by atoms with Crippen LogP contribution in [0.3, 0.4) is 0 Å². The van der Waals surface area contributed by atoms with Crippen molar-refractivity contribution < 1.29 is 23.5 Å². The highest BCUT2D eigenvalue weighted by Gasteiger charge is 2.36. The number of ether oxygens (including phenoxy) is 2. The number of methoxy groups -OCH3 is 1. The molecule has 4 rings (SSSR count). The van der Waals surface area contributed by atoms with Gasteiger partial charge in [-0.15, -0.1) is 6.58 Å². The molecule has 2 amide bonds. The molecule has 1 heterocycles. The van der Waals surface area contributed by atoms with Gasteiger partial charge in [0, 0.05) is 10.6 Å². The van der Waals surface area contributed by atoms with Gasteiger partial charge >= 0.3 is 0 Å². The summed E-state index contributed by atoms with van der Waals surface area (Å²) in [6, 6.07) is 16.2. The molecule has 0 spiro atoms. The molecule has 1 aliphatic heterocycles. The van der Waals surface area contributed by atoms with E-state index in [1.807, 2.05) is 6.07 Å². The zero-order valence-electron chi connectivity index (χ0n) is 18.8. The molecule has 0 N–H and O–H groups in total. The van der Waals surface area contributed by atoms with Crippen molar-refractivity contribution in [2.45, 2.75) is 13.0 Å². The molecule has 1 aliphatic rings. The maximum atomic E-state index is 13.2. The molecule has 1 saturated heterocycles.